The first-order valence-corrected chi connectivity index (χ1v) is 7.79. The summed E-state index contributed by atoms with van der Waals surface area (Å²) < 4.78 is 0. The molecule has 0 aliphatic carbocycles. The van der Waals surface area contributed by atoms with Crippen LogP contribution in [0.25, 0.3) is 0 Å². The van der Waals surface area contributed by atoms with E-state index < -0.39 is 12.0 Å². The monoisotopic (exact) mass is 315 g/mol. The zero-order valence-electron chi connectivity index (χ0n) is 11.3. The van der Waals surface area contributed by atoms with E-state index >= 15 is 0 Å². The third-order valence-corrected chi connectivity index (χ3v) is 3.93. The molecule has 4 nitrogen and oxygen atoms in total. The van der Waals surface area contributed by atoms with Crippen molar-refractivity contribution < 1.29 is 14.7 Å². The Bertz CT molecular complexity index is 450. The van der Waals surface area contributed by atoms with E-state index in [9.17, 15) is 9.59 Å². The van der Waals surface area contributed by atoms with Crippen molar-refractivity contribution in [3.05, 3.63) is 29.3 Å². The largest absolute Gasteiger partial charge is 0.480 e. The zero-order chi connectivity index (χ0) is 15.0. The summed E-state index contributed by atoms with van der Waals surface area (Å²) in [6.07, 6.45) is 2.14. The van der Waals surface area contributed by atoms with Crippen LogP contribution < -0.4 is 5.32 Å². The fourth-order valence-corrected chi connectivity index (χ4v) is 2.42. The van der Waals surface area contributed by atoms with Crippen LogP contribution >= 0.6 is 23.4 Å². The summed E-state index contributed by atoms with van der Waals surface area (Å²) >= 11 is 7.12. The second-order valence-corrected chi connectivity index (χ2v) is 5.83. The van der Waals surface area contributed by atoms with Gasteiger partial charge in [0.05, 0.1) is 5.75 Å². The van der Waals surface area contributed by atoms with Crippen LogP contribution in [0.3, 0.4) is 0 Å². The molecule has 1 amide bonds. The molecule has 2 N–H and O–H groups in total. The molecular weight excluding hydrogens is 298 g/mol. The van der Waals surface area contributed by atoms with Gasteiger partial charge >= 0.3 is 5.97 Å². The van der Waals surface area contributed by atoms with Crippen LogP contribution in [-0.2, 0) is 9.59 Å². The molecule has 1 rings (SSSR count). The fourth-order valence-electron chi connectivity index (χ4n) is 1.58. The maximum atomic E-state index is 11.7. The molecule has 0 heterocycles. The predicted octanol–water partition coefficient (Wildman–Crippen LogP) is 3.19. The molecule has 110 valence electrons. The summed E-state index contributed by atoms with van der Waals surface area (Å²) in [7, 11) is 0. The molecule has 0 aliphatic heterocycles. The quantitative estimate of drug-likeness (QED) is 0.723. The molecule has 0 aromatic heterocycles. The second kappa shape index (κ2) is 8.87. The Kier molecular flexibility index (Phi) is 7.47. The van der Waals surface area contributed by atoms with E-state index in [1.54, 1.807) is 12.1 Å². The van der Waals surface area contributed by atoms with Crippen molar-refractivity contribution in [1.82, 2.24) is 5.32 Å². The highest BCUT2D eigenvalue weighted by Gasteiger charge is 2.18. The minimum Gasteiger partial charge on any atom is -0.480 e. The molecule has 1 aromatic rings. The molecule has 20 heavy (non-hydrogen) atoms. The summed E-state index contributed by atoms with van der Waals surface area (Å²) in [5.41, 5.74) is 0. The maximum absolute atomic E-state index is 11.7. The summed E-state index contributed by atoms with van der Waals surface area (Å²) in [4.78, 5) is 23.7. The number of hydrogen-bond donors (Lipinski definition) is 2. The van der Waals surface area contributed by atoms with Gasteiger partial charge in [0.2, 0.25) is 5.91 Å². The SMILES string of the molecule is CCCC[C@H](NC(=O)CSc1ccc(Cl)cc1)C(=O)O. The van der Waals surface area contributed by atoms with E-state index in [0.29, 0.717) is 11.4 Å². The molecule has 1 aromatic carbocycles. The summed E-state index contributed by atoms with van der Waals surface area (Å²) in [6.45, 7) is 1.98. The first kappa shape index (κ1) is 16.9. The number of carbonyl (C=O) groups excluding carboxylic acids is 1. The lowest BCUT2D eigenvalue weighted by molar-refractivity contribution is -0.141. The van der Waals surface area contributed by atoms with Crippen LogP contribution in [0.4, 0.5) is 0 Å². The number of halogens is 1. The molecule has 0 bridgehead atoms. The molecule has 0 saturated heterocycles. The minimum absolute atomic E-state index is 0.192. The van der Waals surface area contributed by atoms with Crippen LogP contribution in [0.2, 0.25) is 5.02 Å². The molecule has 0 fully saturated rings. The highest BCUT2D eigenvalue weighted by Crippen LogP contribution is 2.20. The Labute approximate surface area is 127 Å². The summed E-state index contributed by atoms with van der Waals surface area (Å²) in [5, 5.41) is 12.2. The first-order chi connectivity index (χ1) is 9.52. The van der Waals surface area contributed by atoms with Crippen LogP contribution in [0.5, 0.6) is 0 Å². The topological polar surface area (TPSA) is 66.4 Å². The molecular formula is C14H18ClNO3S. The van der Waals surface area contributed by atoms with Crippen molar-refractivity contribution in [2.75, 3.05) is 5.75 Å². The lowest BCUT2D eigenvalue weighted by Crippen LogP contribution is -2.41. The minimum atomic E-state index is -0.983. The van der Waals surface area contributed by atoms with Gasteiger partial charge in [-0.1, -0.05) is 31.4 Å². The summed E-state index contributed by atoms with van der Waals surface area (Å²) in [6, 6.07) is 6.36. The Morgan fingerprint density at radius 3 is 2.55 bits per heavy atom. The number of aliphatic carboxylic acids is 1. The van der Waals surface area contributed by atoms with Crippen molar-refractivity contribution in [3.63, 3.8) is 0 Å². The van der Waals surface area contributed by atoms with Gasteiger partial charge in [-0.25, -0.2) is 4.79 Å². The van der Waals surface area contributed by atoms with Crippen molar-refractivity contribution in [1.29, 1.82) is 0 Å². The highest BCUT2D eigenvalue weighted by molar-refractivity contribution is 8.00. The van der Waals surface area contributed by atoms with Crippen LogP contribution in [0.1, 0.15) is 26.2 Å². The average molecular weight is 316 g/mol. The first-order valence-electron chi connectivity index (χ1n) is 6.43. The van der Waals surface area contributed by atoms with E-state index in [1.807, 2.05) is 19.1 Å². The number of amides is 1. The number of rotatable bonds is 8. The number of carboxylic acids is 1. The van der Waals surface area contributed by atoms with Crippen LogP contribution in [0.15, 0.2) is 29.2 Å². The number of hydrogen-bond acceptors (Lipinski definition) is 3. The number of benzene rings is 1. The number of thioether (sulfide) groups is 1. The maximum Gasteiger partial charge on any atom is 0.326 e. The zero-order valence-corrected chi connectivity index (χ0v) is 12.8. The van der Waals surface area contributed by atoms with Gasteiger partial charge in [-0.05, 0) is 30.7 Å². The number of unbranched alkanes of at least 4 members (excludes halogenated alkanes) is 1. The number of carboxylic acid groups (broad SMARTS) is 1. The van der Waals surface area contributed by atoms with Gasteiger partial charge in [0.15, 0.2) is 0 Å². The molecule has 6 heteroatoms. The lowest BCUT2D eigenvalue weighted by atomic mass is 10.1. The molecule has 1 atom stereocenters. The van der Waals surface area contributed by atoms with Gasteiger partial charge in [-0.3, -0.25) is 4.79 Å². The molecule has 0 radical (unpaired) electrons. The van der Waals surface area contributed by atoms with Crippen molar-refractivity contribution in [3.8, 4) is 0 Å². The normalized spacial score (nSPS) is 11.9. The van der Waals surface area contributed by atoms with Gasteiger partial charge in [0, 0.05) is 9.92 Å². The molecule has 0 saturated carbocycles. The molecule has 0 aliphatic rings. The van der Waals surface area contributed by atoms with Crippen LogP contribution in [0, 0.1) is 0 Å². The van der Waals surface area contributed by atoms with Crippen molar-refractivity contribution >= 4 is 35.2 Å². The van der Waals surface area contributed by atoms with Crippen LogP contribution in [-0.4, -0.2) is 28.8 Å². The number of nitrogens with one attached hydrogen (secondary N) is 1. The van der Waals surface area contributed by atoms with Gasteiger partial charge in [0.1, 0.15) is 6.04 Å². The van der Waals surface area contributed by atoms with E-state index in [-0.39, 0.29) is 11.7 Å². The standard InChI is InChI=1S/C14H18ClNO3S/c1-2-3-4-12(14(18)19)16-13(17)9-20-11-7-5-10(15)6-8-11/h5-8,12H,2-4,9H2,1H3,(H,16,17)(H,18,19)/t12-/m0/s1. The smallest absolute Gasteiger partial charge is 0.326 e. The van der Waals surface area contributed by atoms with E-state index in [0.717, 1.165) is 17.7 Å². The summed E-state index contributed by atoms with van der Waals surface area (Å²) in [5.74, 6) is -1.06. The second-order valence-electron chi connectivity index (χ2n) is 4.34. The Morgan fingerprint density at radius 2 is 2.00 bits per heavy atom. The fraction of sp³-hybridized carbons (Fsp3) is 0.429. The van der Waals surface area contributed by atoms with Gasteiger partial charge in [-0.2, -0.15) is 0 Å². The third kappa shape index (κ3) is 6.30. The third-order valence-electron chi connectivity index (χ3n) is 2.66. The average Bonchev–Trinajstić information content (AvgIpc) is 2.42. The van der Waals surface area contributed by atoms with Crippen molar-refractivity contribution in [2.45, 2.75) is 37.1 Å². The highest BCUT2D eigenvalue weighted by atomic mass is 35.5. The van der Waals surface area contributed by atoms with Gasteiger partial charge in [0.25, 0.3) is 0 Å². The lowest BCUT2D eigenvalue weighted by Gasteiger charge is -2.13. The van der Waals surface area contributed by atoms with E-state index in [2.05, 4.69) is 5.32 Å². The molecule has 0 spiro atoms. The van der Waals surface area contributed by atoms with Gasteiger partial charge in [-0.15, -0.1) is 11.8 Å². The van der Waals surface area contributed by atoms with E-state index in [1.165, 1.54) is 11.8 Å². The Hall–Kier alpha value is -1.20. The van der Waals surface area contributed by atoms with Gasteiger partial charge < -0.3 is 10.4 Å². The van der Waals surface area contributed by atoms with Crippen molar-refractivity contribution in [2.24, 2.45) is 0 Å². The Morgan fingerprint density at radius 1 is 1.35 bits per heavy atom. The number of carbonyl (C=O) groups is 2. The predicted molar refractivity (Wildman–Crippen MR) is 81.3 cm³/mol. The van der Waals surface area contributed by atoms with E-state index in [4.69, 9.17) is 16.7 Å². The molecule has 0 unspecified atom stereocenters. The Balaban J connectivity index is 2.41.